The van der Waals surface area contributed by atoms with Crippen LogP contribution in [-0.4, -0.2) is 20.9 Å². The SMILES string of the molecule is Nc1[nH]c(=S)nc2c1C(c1cccc(O)c1)C1=C(CCCC1=O)N2. The molecule has 122 valence electrons. The number of nitrogen functional groups attached to an aromatic ring is 1. The van der Waals surface area contributed by atoms with Gasteiger partial charge in [-0.1, -0.05) is 12.1 Å². The highest BCUT2D eigenvalue weighted by molar-refractivity contribution is 7.71. The number of anilines is 2. The number of benzene rings is 1. The molecule has 2 aliphatic rings. The van der Waals surface area contributed by atoms with E-state index < -0.39 is 0 Å². The van der Waals surface area contributed by atoms with Crippen LogP contribution in [0.25, 0.3) is 0 Å². The number of phenolic OH excluding ortho intramolecular Hbond substituents is 1. The lowest BCUT2D eigenvalue weighted by Gasteiger charge is -2.33. The molecule has 0 bridgehead atoms. The number of hydrogen-bond donors (Lipinski definition) is 4. The van der Waals surface area contributed by atoms with E-state index in [2.05, 4.69) is 15.3 Å². The van der Waals surface area contributed by atoms with E-state index in [0.29, 0.717) is 34.0 Å². The molecule has 1 atom stereocenters. The minimum atomic E-state index is -0.365. The van der Waals surface area contributed by atoms with Gasteiger partial charge in [-0.3, -0.25) is 4.79 Å². The van der Waals surface area contributed by atoms with Gasteiger partial charge in [0, 0.05) is 29.2 Å². The first-order valence-corrected chi connectivity index (χ1v) is 8.17. The minimum Gasteiger partial charge on any atom is -0.508 e. The lowest BCUT2D eigenvalue weighted by Crippen LogP contribution is -2.28. The molecule has 0 spiro atoms. The first-order valence-electron chi connectivity index (χ1n) is 7.76. The minimum absolute atomic E-state index is 0.101. The van der Waals surface area contributed by atoms with Gasteiger partial charge in [-0.05, 0) is 42.8 Å². The number of ketones is 1. The molecule has 0 saturated heterocycles. The van der Waals surface area contributed by atoms with Crippen LogP contribution in [0.15, 0.2) is 35.5 Å². The highest BCUT2D eigenvalue weighted by Crippen LogP contribution is 2.46. The van der Waals surface area contributed by atoms with Crippen LogP contribution in [0.3, 0.4) is 0 Å². The van der Waals surface area contributed by atoms with Crippen molar-refractivity contribution in [2.75, 3.05) is 11.1 Å². The summed E-state index contributed by atoms with van der Waals surface area (Å²) < 4.78 is 0.291. The van der Waals surface area contributed by atoms with Crippen LogP contribution in [0.1, 0.15) is 36.3 Å². The molecule has 1 aromatic carbocycles. The van der Waals surface area contributed by atoms with Crippen LogP contribution in [0.5, 0.6) is 5.75 Å². The van der Waals surface area contributed by atoms with Gasteiger partial charge in [0.05, 0.1) is 0 Å². The number of carbonyl (C=O) groups excluding carboxylic acids is 1. The Morgan fingerprint density at radius 2 is 2.17 bits per heavy atom. The van der Waals surface area contributed by atoms with E-state index in [4.69, 9.17) is 18.0 Å². The number of Topliss-reactive ketones (excluding diaryl/α,β-unsaturated/α-hetero) is 1. The number of nitrogens with two attached hydrogens (primary N) is 1. The molecule has 1 aliphatic heterocycles. The van der Waals surface area contributed by atoms with Crippen molar-refractivity contribution in [2.24, 2.45) is 0 Å². The predicted molar refractivity (Wildman–Crippen MR) is 93.3 cm³/mol. The fourth-order valence-electron chi connectivity index (χ4n) is 3.54. The Balaban J connectivity index is 2.01. The normalized spacial score (nSPS) is 19.5. The monoisotopic (exact) mass is 340 g/mol. The van der Waals surface area contributed by atoms with E-state index >= 15 is 0 Å². The van der Waals surface area contributed by atoms with Gasteiger partial charge in [-0.15, -0.1) is 0 Å². The average Bonchev–Trinajstić information content (AvgIpc) is 2.53. The molecule has 0 fully saturated rings. The zero-order valence-corrected chi connectivity index (χ0v) is 13.6. The van der Waals surface area contributed by atoms with E-state index in [1.807, 2.05) is 6.07 Å². The van der Waals surface area contributed by atoms with Crippen molar-refractivity contribution >= 4 is 29.6 Å². The van der Waals surface area contributed by atoms with E-state index in [9.17, 15) is 9.90 Å². The average molecular weight is 340 g/mol. The Morgan fingerprint density at radius 3 is 2.96 bits per heavy atom. The number of fused-ring (bicyclic) bond motifs is 1. The van der Waals surface area contributed by atoms with Crippen LogP contribution < -0.4 is 11.1 Å². The number of phenols is 1. The van der Waals surface area contributed by atoms with Gasteiger partial charge in [0.2, 0.25) is 0 Å². The van der Waals surface area contributed by atoms with Gasteiger partial charge < -0.3 is 21.1 Å². The predicted octanol–water partition coefficient (Wildman–Crippen LogP) is 2.99. The number of H-pyrrole nitrogens is 1. The first-order chi connectivity index (χ1) is 11.5. The van der Waals surface area contributed by atoms with Crippen molar-refractivity contribution < 1.29 is 9.90 Å². The summed E-state index contributed by atoms with van der Waals surface area (Å²) in [4.78, 5) is 19.8. The maximum atomic E-state index is 12.6. The summed E-state index contributed by atoms with van der Waals surface area (Å²) in [5, 5.41) is 13.1. The topological polar surface area (TPSA) is 104 Å². The molecule has 1 unspecified atom stereocenters. The molecular formula is C17H16N4O2S. The Hall–Kier alpha value is -2.67. The standard InChI is InChI=1S/C17H16N4O2S/c18-15-14-12(8-3-1-4-9(22)7-8)13-10(5-2-6-11(13)23)19-16(14)21-17(24)20-15/h1,3-4,7,12,22H,2,5-6H2,(H4,18,19,20,21,24). The molecule has 2 aromatic rings. The second-order valence-corrected chi connectivity index (χ2v) is 6.43. The second-order valence-electron chi connectivity index (χ2n) is 6.04. The third kappa shape index (κ3) is 2.28. The zero-order valence-electron chi connectivity index (χ0n) is 12.8. The molecule has 1 aromatic heterocycles. The van der Waals surface area contributed by atoms with Crippen molar-refractivity contribution in [2.45, 2.75) is 25.2 Å². The van der Waals surface area contributed by atoms with Gasteiger partial charge in [-0.2, -0.15) is 0 Å². The van der Waals surface area contributed by atoms with Crippen molar-refractivity contribution in [3.8, 4) is 5.75 Å². The number of rotatable bonds is 1. The first kappa shape index (κ1) is 14.9. The van der Waals surface area contributed by atoms with E-state index in [1.165, 1.54) is 0 Å². The summed E-state index contributed by atoms with van der Waals surface area (Å²) >= 11 is 5.12. The lowest BCUT2D eigenvalue weighted by atomic mass is 9.76. The van der Waals surface area contributed by atoms with Crippen molar-refractivity contribution in [1.29, 1.82) is 0 Å². The van der Waals surface area contributed by atoms with Crippen molar-refractivity contribution in [1.82, 2.24) is 9.97 Å². The molecule has 6 nitrogen and oxygen atoms in total. The number of allylic oxidation sites excluding steroid dienone is 2. The van der Waals surface area contributed by atoms with E-state index in [1.54, 1.807) is 18.2 Å². The third-order valence-corrected chi connectivity index (χ3v) is 4.70. The highest BCUT2D eigenvalue weighted by atomic mass is 32.1. The van der Waals surface area contributed by atoms with Gasteiger partial charge in [0.1, 0.15) is 17.4 Å². The number of nitrogens with zero attached hydrogens (tertiary/aromatic N) is 1. The number of nitrogens with one attached hydrogen (secondary N) is 2. The number of aromatic nitrogens is 2. The molecule has 24 heavy (non-hydrogen) atoms. The summed E-state index contributed by atoms with van der Waals surface area (Å²) in [6.07, 6.45) is 2.10. The maximum Gasteiger partial charge on any atom is 0.200 e. The van der Waals surface area contributed by atoms with E-state index in [-0.39, 0.29) is 17.5 Å². The van der Waals surface area contributed by atoms with Crippen molar-refractivity contribution in [3.63, 3.8) is 0 Å². The number of aromatic amines is 1. The van der Waals surface area contributed by atoms with Gasteiger partial charge in [-0.25, -0.2) is 4.98 Å². The maximum absolute atomic E-state index is 12.6. The van der Waals surface area contributed by atoms with Gasteiger partial charge in [0.25, 0.3) is 0 Å². The smallest absolute Gasteiger partial charge is 0.200 e. The number of aromatic hydroxyl groups is 1. The van der Waals surface area contributed by atoms with Crippen LogP contribution in [0, 0.1) is 4.77 Å². The van der Waals surface area contributed by atoms with Crippen LogP contribution in [0.4, 0.5) is 11.6 Å². The molecule has 1 aliphatic carbocycles. The Morgan fingerprint density at radius 1 is 1.33 bits per heavy atom. The Labute approximate surface area is 143 Å². The summed E-state index contributed by atoms with van der Waals surface area (Å²) in [5.74, 6) is 0.849. The van der Waals surface area contributed by atoms with Crippen molar-refractivity contribution in [3.05, 3.63) is 51.4 Å². The number of carbonyl (C=O) groups is 1. The Kier molecular flexibility index (Phi) is 3.38. The molecule has 0 saturated carbocycles. The summed E-state index contributed by atoms with van der Waals surface area (Å²) in [7, 11) is 0. The zero-order chi connectivity index (χ0) is 16.8. The molecular weight excluding hydrogens is 324 g/mol. The van der Waals surface area contributed by atoms with Gasteiger partial charge in [0.15, 0.2) is 10.6 Å². The molecule has 0 radical (unpaired) electrons. The van der Waals surface area contributed by atoms with Crippen LogP contribution >= 0.6 is 12.2 Å². The lowest BCUT2D eigenvalue weighted by molar-refractivity contribution is -0.116. The third-order valence-electron chi connectivity index (χ3n) is 4.51. The van der Waals surface area contributed by atoms with Crippen LogP contribution in [-0.2, 0) is 4.79 Å². The summed E-state index contributed by atoms with van der Waals surface area (Å²) in [6.45, 7) is 0. The largest absolute Gasteiger partial charge is 0.508 e. The van der Waals surface area contributed by atoms with Gasteiger partial charge >= 0.3 is 0 Å². The molecule has 4 rings (SSSR count). The summed E-state index contributed by atoms with van der Waals surface area (Å²) in [5.41, 5.74) is 9.26. The Bertz CT molecular complexity index is 948. The molecule has 2 heterocycles. The summed E-state index contributed by atoms with van der Waals surface area (Å²) in [6, 6.07) is 6.90. The second kappa shape index (κ2) is 5.45. The molecule has 0 amide bonds. The van der Waals surface area contributed by atoms with E-state index in [0.717, 1.165) is 24.1 Å². The molecule has 5 N–H and O–H groups in total. The highest BCUT2D eigenvalue weighted by Gasteiger charge is 2.37. The quantitative estimate of drug-likeness (QED) is 0.595. The van der Waals surface area contributed by atoms with Crippen LogP contribution in [0.2, 0.25) is 0 Å². The fraction of sp³-hybridized carbons (Fsp3) is 0.235. The molecule has 7 heteroatoms. The fourth-order valence-corrected chi connectivity index (χ4v) is 3.74. The number of hydrogen-bond acceptors (Lipinski definition) is 6.